The van der Waals surface area contributed by atoms with Crippen molar-refractivity contribution in [1.29, 1.82) is 0 Å². The van der Waals surface area contributed by atoms with E-state index < -0.39 is 0 Å². The second-order valence-corrected chi connectivity index (χ2v) is 3.53. The van der Waals surface area contributed by atoms with Gasteiger partial charge in [0.15, 0.2) is 0 Å². The molecule has 0 aromatic rings. The molecule has 11 heavy (non-hydrogen) atoms. The zero-order chi connectivity index (χ0) is 7.52. The molecular weight excluding hydrogens is 134 g/mol. The molecule has 0 radical (unpaired) electrons. The van der Waals surface area contributed by atoms with Crippen LogP contribution in [0.2, 0.25) is 0 Å². The van der Waals surface area contributed by atoms with Crippen LogP contribution in [0.1, 0.15) is 32.1 Å². The molecule has 0 bridgehead atoms. The number of allylic oxidation sites excluding steroid dienone is 1. The minimum Gasteiger partial charge on any atom is -0.289 e. The van der Waals surface area contributed by atoms with Crippen molar-refractivity contribution in [2.45, 2.75) is 38.1 Å². The molecule has 0 N–H and O–H groups in total. The summed E-state index contributed by atoms with van der Waals surface area (Å²) in [5.74, 6) is 0.864. The van der Waals surface area contributed by atoms with Crippen LogP contribution >= 0.6 is 0 Å². The summed E-state index contributed by atoms with van der Waals surface area (Å²) in [6.07, 6.45) is 13.3. The van der Waals surface area contributed by atoms with Crippen LogP contribution in [0.5, 0.6) is 0 Å². The quantitative estimate of drug-likeness (QED) is 0.508. The molecule has 1 fully saturated rings. The molecule has 2 rings (SSSR count). The van der Waals surface area contributed by atoms with Crippen molar-refractivity contribution in [2.75, 3.05) is 0 Å². The summed E-state index contributed by atoms with van der Waals surface area (Å²) < 4.78 is 0. The Bertz CT molecular complexity index is 163. The molecule has 1 aliphatic heterocycles. The third-order valence-electron chi connectivity index (χ3n) is 2.74. The summed E-state index contributed by atoms with van der Waals surface area (Å²) in [5.41, 5.74) is 0. The molecule has 0 saturated heterocycles. The lowest BCUT2D eigenvalue weighted by Gasteiger charge is -2.17. The summed E-state index contributed by atoms with van der Waals surface area (Å²) >= 11 is 0. The van der Waals surface area contributed by atoms with Crippen molar-refractivity contribution in [3.05, 3.63) is 12.2 Å². The van der Waals surface area contributed by atoms with Gasteiger partial charge in [-0.15, -0.1) is 0 Å². The van der Waals surface area contributed by atoms with Crippen LogP contribution in [0.4, 0.5) is 0 Å². The molecule has 0 spiro atoms. The van der Waals surface area contributed by atoms with Crippen LogP contribution < -0.4 is 0 Å². The first-order chi connectivity index (χ1) is 5.47. The lowest BCUT2D eigenvalue weighted by molar-refractivity contribution is 0.490. The van der Waals surface area contributed by atoms with Crippen molar-refractivity contribution in [2.24, 2.45) is 10.9 Å². The molecule has 1 atom stereocenters. The second-order valence-electron chi connectivity index (χ2n) is 3.53. The Labute approximate surface area is 68.2 Å². The molecule has 0 aromatic heterocycles. The molecule has 2 aliphatic rings. The Hall–Kier alpha value is -0.590. The van der Waals surface area contributed by atoms with Gasteiger partial charge in [-0.3, -0.25) is 4.99 Å². The number of rotatable bonds is 1. The zero-order valence-electron chi connectivity index (χ0n) is 6.87. The minimum atomic E-state index is 0.534. The Morgan fingerprint density at radius 3 is 2.64 bits per heavy atom. The number of aliphatic imine (C=N–C) groups is 1. The normalized spacial score (nSPS) is 31.5. The van der Waals surface area contributed by atoms with Gasteiger partial charge in [-0.05, 0) is 18.8 Å². The van der Waals surface area contributed by atoms with Crippen LogP contribution in [0, 0.1) is 5.92 Å². The van der Waals surface area contributed by atoms with Gasteiger partial charge in [0.05, 0.1) is 6.04 Å². The Morgan fingerprint density at radius 2 is 2.00 bits per heavy atom. The predicted molar refractivity (Wildman–Crippen MR) is 48.0 cm³/mol. The highest BCUT2D eigenvalue weighted by atomic mass is 14.8. The van der Waals surface area contributed by atoms with E-state index >= 15 is 0 Å². The standard InChI is InChI=1S/C10H15N/c1-2-6-9(5-1)10-7-3-4-8-11-10/h3,7-10H,1-2,4-6H2. The van der Waals surface area contributed by atoms with E-state index in [0.29, 0.717) is 6.04 Å². The van der Waals surface area contributed by atoms with Gasteiger partial charge in [-0.1, -0.05) is 25.0 Å². The highest BCUT2D eigenvalue weighted by molar-refractivity contribution is 5.61. The summed E-state index contributed by atoms with van der Waals surface area (Å²) in [5, 5.41) is 0. The van der Waals surface area contributed by atoms with Crippen LogP contribution in [-0.2, 0) is 0 Å². The summed E-state index contributed by atoms with van der Waals surface area (Å²) in [6, 6.07) is 0.534. The molecule has 1 saturated carbocycles. The van der Waals surface area contributed by atoms with E-state index in [2.05, 4.69) is 23.4 Å². The largest absolute Gasteiger partial charge is 0.289 e. The maximum Gasteiger partial charge on any atom is 0.0704 e. The van der Waals surface area contributed by atoms with Gasteiger partial charge in [0.1, 0.15) is 0 Å². The molecule has 1 heteroatoms. The zero-order valence-corrected chi connectivity index (χ0v) is 6.87. The topological polar surface area (TPSA) is 12.4 Å². The van der Waals surface area contributed by atoms with Crippen molar-refractivity contribution in [3.8, 4) is 0 Å². The molecular formula is C10H15N. The van der Waals surface area contributed by atoms with E-state index in [9.17, 15) is 0 Å². The van der Waals surface area contributed by atoms with Crippen molar-refractivity contribution < 1.29 is 0 Å². The Balaban J connectivity index is 1.97. The van der Waals surface area contributed by atoms with Gasteiger partial charge in [-0.2, -0.15) is 0 Å². The van der Waals surface area contributed by atoms with Crippen LogP contribution in [0.3, 0.4) is 0 Å². The molecule has 0 amide bonds. The average molecular weight is 149 g/mol. The van der Waals surface area contributed by atoms with Crippen molar-refractivity contribution in [1.82, 2.24) is 0 Å². The molecule has 1 heterocycles. The van der Waals surface area contributed by atoms with Gasteiger partial charge < -0.3 is 0 Å². The fraction of sp³-hybridized carbons (Fsp3) is 0.700. The SMILES string of the molecule is C1=CC(C2CCCC2)N=CC1. The second kappa shape index (κ2) is 3.21. The molecule has 1 aliphatic carbocycles. The predicted octanol–water partition coefficient (Wildman–Crippen LogP) is 2.58. The number of hydrogen-bond donors (Lipinski definition) is 0. The van der Waals surface area contributed by atoms with Crippen LogP contribution in [0.25, 0.3) is 0 Å². The highest BCUT2D eigenvalue weighted by Crippen LogP contribution is 2.30. The van der Waals surface area contributed by atoms with Gasteiger partial charge in [0.25, 0.3) is 0 Å². The lowest BCUT2D eigenvalue weighted by Crippen LogP contribution is -2.14. The van der Waals surface area contributed by atoms with E-state index in [-0.39, 0.29) is 0 Å². The smallest absolute Gasteiger partial charge is 0.0704 e. The van der Waals surface area contributed by atoms with E-state index in [1.165, 1.54) is 25.7 Å². The van der Waals surface area contributed by atoms with E-state index in [1.54, 1.807) is 0 Å². The Kier molecular flexibility index (Phi) is 2.06. The van der Waals surface area contributed by atoms with E-state index in [1.807, 2.05) is 0 Å². The summed E-state index contributed by atoms with van der Waals surface area (Å²) in [6.45, 7) is 0. The first kappa shape index (κ1) is 7.08. The average Bonchev–Trinajstić information content (AvgIpc) is 2.58. The molecule has 0 aromatic carbocycles. The molecule has 1 unspecified atom stereocenters. The lowest BCUT2D eigenvalue weighted by atomic mass is 9.97. The van der Waals surface area contributed by atoms with Crippen LogP contribution in [0.15, 0.2) is 17.1 Å². The maximum atomic E-state index is 4.50. The van der Waals surface area contributed by atoms with Gasteiger partial charge >= 0.3 is 0 Å². The van der Waals surface area contributed by atoms with Gasteiger partial charge in [0, 0.05) is 12.6 Å². The number of nitrogens with zero attached hydrogens (tertiary/aromatic N) is 1. The van der Waals surface area contributed by atoms with Crippen molar-refractivity contribution >= 4 is 6.21 Å². The molecule has 1 nitrogen and oxygen atoms in total. The van der Waals surface area contributed by atoms with E-state index in [0.717, 1.165) is 12.3 Å². The first-order valence-electron chi connectivity index (χ1n) is 4.65. The molecule has 60 valence electrons. The summed E-state index contributed by atoms with van der Waals surface area (Å²) in [4.78, 5) is 4.50. The monoisotopic (exact) mass is 149 g/mol. The van der Waals surface area contributed by atoms with Crippen LogP contribution in [-0.4, -0.2) is 12.3 Å². The van der Waals surface area contributed by atoms with Gasteiger partial charge in [-0.25, -0.2) is 0 Å². The maximum absolute atomic E-state index is 4.50. The highest BCUT2D eigenvalue weighted by Gasteiger charge is 2.22. The Morgan fingerprint density at radius 1 is 1.18 bits per heavy atom. The van der Waals surface area contributed by atoms with E-state index in [4.69, 9.17) is 0 Å². The first-order valence-corrected chi connectivity index (χ1v) is 4.65. The summed E-state index contributed by atoms with van der Waals surface area (Å²) in [7, 11) is 0. The number of dihydropyridines is 1. The van der Waals surface area contributed by atoms with Gasteiger partial charge in [0.2, 0.25) is 0 Å². The third-order valence-corrected chi connectivity index (χ3v) is 2.74. The third kappa shape index (κ3) is 1.52. The fourth-order valence-electron chi connectivity index (χ4n) is 2.09. The fourth-order valence-corrected chi connectivity index (χ4v) is 2.09. The van der Waals surface area contributed by atoms with Crippen molar-refractivity contribution in [3.63, 3.8) is 0 Å². The number of hydrogen-bond acceptors (Lipinski definition) is 1. The minimum absolute atomic E-state index is 0.534.